The molecule has 1 rings (SSSR count). The zero-order chi connectivity index (χ0) is 11.3. The van der Waals surface area contributed by atoms with Crippen LogP contribution < -0.4 is 5.32 Å². The van der Waals surface area contributed by atoms with Gasteiger partial charge in [0.05, 0.1) is 4.47 Å². The lowest BCUT2D eigenvalue weighted by atomic mass is 10.0. The Hall–Kier alpha value is -0.670. The summed E-state index contributed by atoms with van der Waals surface area (Å²) in [6.45, 7) is 6.59. The molecule has 1 aromatic rings. The van der Waals surface area contributed by atoms with Crippen LogP contribution in [0, 0.1) is 5.82 Å². The van der Waals surface area contributed by atoms with E-state index in [9.17, 15) is 4.39 Å². The predicted octanol–water partition coefficient (Wildman–Crippen LogP) is 3.81. The van der Waals surface area contributed by atoms with E-state index in [0.717, 1.165) is 18.5 Å². The highest BCUT2D eigenvalue weighted by molar-refractivity contribution is 9.10. The van der Waals surface area contributed by atoms with Gasteiger partial charge in [-0.1, -0.05) is 25.1 Å². The van der Waals surface area contributed by atoms with Crippen LogP contribution in [0.4, 0.5) is 4.39 Å². The second kappa shape index (κ2) is 6.03. The van der Waals surface area contributed by atoms with E-state index in [-0.39, 0.29) is 11.9 Å². The SMILES string of the molecule is C=CCC(NCC)c1cccc(F)c1Br. The Morgan fingerprint density at radius 2 is 2.33 bits per heavy atom. The Bertz CT molecular complexity index is 338. The standard InChI is InChI=1S/C12H15BrFN/c1-3-6-11(15-4-2)9-7-5-8-10(14)12(9)13/h3,5,7-8,11,15H,1,4,6H2,2H3. The average molecular weight is 272 g/mol. The van der Waals surface area contributed by atoms with Gasteiger partial charge in [-0.25, -0.2) is 4.39 Å². The minimum absolute atomic E-state index is 0.123. The van der Waals surface area contributed by atoms with Gasteiger partial charge in [0, 0.05) is 6.04 Å². The lowest BCUT2D eigenvalue weighted by molar-refractivity contribution is 0.546. The summed E-state index contributed by atoms with van der Waals surface area (Å²) < 4.78 is 13.9. The smallest absolute Gasteiger partial charge is 0.137 e. The van der Waals surface area contributed by atoms with Gasteiger partial charge in [0.2, 0.25) is 0 Å². The minimum atomic E-state index is -0.223. The molecule has 0 saturated carbocycles. The minimum Gasteiger partial charge on any atom is -0.310 e. The first-order valence-corrected chi connectivity index (χ1v) is 5.78. The van der Waals surface area contributed by atoms with Crippen molar-refractivity contribution in [1.29, 1.82) is 0 Å². The van der Waals surface area contributed by atoms with E-state index in [0.29, 0.717) is 4.47 Å². The van der Waals surface area contributed by atoms with Crippen LogP contribution in [0.5, 0.6) is 0 Å². The maximum atomic E-state index is 13.3. The molecule has 0 aliphatic rings. The Balaban J connectivity index is 2.99. The zero-order valence-corrected chi connectivity index (χ0v) is 10.3. The molecule has 0 saturated heterocycles. The van der Waals surface area contributed by atoms with E-state index in [4.69, 9.17) is 0 Å². The highest BCUT2D eigenvalue weighted by atomic mass is 79.9. The van der Waals surface area contributed by atoms with Crippen molar-refractivity contribution in [3.63, 3.8) is 0 Å². The number of benzene rings is 1. The van der Waals surface area contributed by atoms with E-state index < -0.39 is 0 Å². The first-order valence-electron chi connectivity index (χ1n) is 4.98. The summed E-state index contributed by atoms with van der Waals surface area (Å²) in [5.41, 5.74) is 0.941. The summed E-state index contributed by atoms with van der Waals surface area (Å²) in [6.07, 6.45) is 2.63. The van der Waals surface area contributed by atoms with Crippen LogP contribution in [-0.2, 0) is 0 Å². The fourth-order valence-electron chi connectivity index (χ4n) is 1.52. The van der Waals surface area contributed by atoms with E-state index in [1.54, 1.807) is 6.07 Å². The third kappa shape index (κ3) is 3.14. The van der Waals surface area contributed by atoms with Gasteiger partial charge in [0.15, 0.2) is 0 Å². The average Bonchev–Trinajstić information content (AvgIpc) is 2.22. The molecule has 0 aromatic heterocycles. The molecule has 0 aliphatic carbocycles. The van der Waals surface area contributed by atoms with Crippen LogP contribution in [0.15, 0.2) is 35.3 Å². The lowest BCUT2D eigenvalue weighted by Crippen LogP contribution is -2.20. The Labute approximate surface area is 98.5 Å². The predicted molar refractivity (Wildman–Crippen MR) is 65.3 cm³/mol. The number of halogens is 2. The molecule has 1 nitrogen and oxygen atoms in total. The van der Waals surface area contributed by atoms with Gasteiger partial charge >= 0.3 is 0 Å². The van der Waals surface area contributed by atoms with Crippen molar-refractivity contribution in [2.75, 3.05) is 6.54 Å². The second-order valence-corrected chi connectivity index (χ2v) is 4.07. The lowest BCUT2D eigenvalue weighted by Gasteiger charge is -2.18. The Morgan fingerprint density at radius 1 is 1.60 bits per heavy atom. The molecule has 1 atom stereocenters. The van der Waals surface area contributed by atoms with Crippen LogP contribution in [0.2, 0.25) is 0 Å². The third-order valence-corrected chi connectivity index (χ3v) is 3.05. The van der Waals surface area contributed by atoms with E-state index in [2.05, 4.69) is 27.8 Å². The van der Waals surface area contributed by atoms with Crippen molar-refractivity contribution >= 4 is 15.9 Å². The van der Waals surface area contributed by atoms with Crippen LogP contribution in [0.1, 0.15) is 24.9 Å². The highest BCUT2D eigenvalue weighted by Gasteiger charge is 2.13. The van der Waals surface area contributed by atoms with E-state index in [1.165, 1.54) is 6.07 Å². The van der Waals surface area contributed by atoms with Crippen LogP contribution in [0.3, 0.4) is 0 Å². The van der Waals surface area contributed by atoms with Gasteiger partial charge in [0.1, 0.15) is 5.82 Å². The van der Waals surface area contributed by atoms with Crippen molar-refractivity contribution in [1.82, 2.24) is 5.32 Å². The molecule has 15 heavy (non-hydrogen) atoms. The number of nitrogens with one attached hydrogen (secondary N) is 1. The van der Waals surface area contributed by atoms with Crippen LogP contribution in [-0.4, -0.2) is 6.54 Å². The van der Waals surface area contributed by atoms with E-state index in [1.807, 2.05) is 19.1 Å². The van der Waals surface area contributed by atoms with Gasteiger partial charge in [-0.3, -0.25) is 0 Å². The fraction of sp³-hybridized carbons (Fsp3) is 0.333. The molecule has 0 radical (unpaired) electrons. The third-order valence-electron chi connectivity index (χ3n) is 2.21. The zero-order valence-electron chi connectivity index (χ0n) is 8.76. The summed E-state index contributed by atoms with van der Waals surface area (Å²) in [5.74, 6) is -0.223. The molecular formula is C12H15BrFN. The molecule has 0 fully saturated rings. The van der Waals surface area contributed by atoms with E-state index >= 15 is 0 Å². The van der Waals surface area contributed by atoms with Gasteiger partial charge < -0.3 is 5.32 Å². The molecule has 1 unspecified atom stereocenters. The summed E-state index contributed by atoms with van der Waals surface area (Å²) >= 11 is 3.27. The monoisotopic (exact) mass is 271 g/mol. The van der Waals surface area contributed by atoms with Crippen molar-refractivity contribution < 1.29 is 4.39 Å². The van der Waals surface area contributed by atoms with Gasteiger partial charge in [-0.05, 0) is 40.5 Å². The maximum Gasteiger partial charge on any atom is 0.137 e. The topological polar surface area (TPSA) is 12.0 Å². The number of rotatable bonds is 5. The van der Waals surface area contributed by atoms with Gasteiger partial charge in [-0.2, -0.15) is 0 Å². The molecule has 0 aliphatic heterocycles. The maximum absolute atomic E-state index is 13.3. The van der Waals surface area contributed by atoms with Crippen molar-refractivity contribution in [3.05, 3.63) is 46.7 Å². The summed E-state index contributed by atoms with van der Waals surface area (Å²) in [7, 11) is 0. The van der Waals surface area contributed by atoms with Crippen molar-refractivity contribution in [2.45, 2.75) is 19.4 Å². The number of hydrogen-bond acceptors (Lipinski definition) is 1. The summed E-state index contributed by atoms with van der Waals surface area (Å²) in [6, 6.07) is 5.22. The Kier molecular flexibility index (Phi) is 4.99. The normalized spacial score (nSPS) is 12.5. The molecule has 0 amide bonds. The fourth-order valence-corrected chi connectivity index (χ4v) is 2.06. The van der Waals surface area contributed by atoms with Gasteiger partial charge in [0.25, 0.3) is 0 Å². The van der Waals surface area contributed by atoms with Gasteiger partial charge in [-0.15, -0.1) is 6.58 Å². The molecular weight excluding hydrogens is 257 g/mol. The first kappa shape index (κ1) is 12.4. The molecule has 1 N–H and O–H groups in total. The summed E-state index contributed by atoms with van der Waals surface area (Å²) in [4.78, 5) is 0. The van der Waals surface area contributed by atoms with Crippen LogP contribution in [0.25, 0.3) is 0 Å². The van der Waals surface area contributed by atoms with Crippen molar-refractivity contribution in [3.8, 4) is 0 Å². The quantitative estimate of drug-likeness (QED) is 0.803. The van der Waals surface area contributed by atoms with Crippen LogP contribution >= 0.6 is 15.9 Å². The number of hydrogen-bond donors (Lipinski definition) is 1. The van der Waals surface area contributed by atoms with Crippen molar-refractivity contribution in [2.24, 2.45) is 0 Å². The molecule has 82 valence electrons. The first-order chi connectivity index (χ1) is 7.20. The molecule has 1 aromatic carbocycles. The highest BCUT2D eigenvalue weighted by Crippen LogP contribution is 2.27. The second-order valence-electron chi connectivity index (χ2n) is 3.28. The molecule has 0 spiro atoms. The molecule has 0 heterocycles. The summed E-state index contributed by atoms with van der Waals surface area (Å²) in [5, 5.41) is 3.30. The molecule has 0 bridgehead atoms. The molecule has 3 heteroatoms. The largest absolute Gasteiger partial charge is 0.310 e. The Morgan fingerprint density at radius 3 is 2.93 bits per heavy atom.